The molecular formula is C33H29N3O7. The Labute approximate surface area is 248 Å². The fourth-order valence-electron chi connectivity index (χ4n) is 5.07. The van der Waals surface area contributed by atoms with E-state index in [2.05, 4.69) is 5.32 Å². The van der Waals surface area contributed by atoms with Crippen LogP contribution < -0.4 is 10.1 Å². The van der Waals surface area contributed by atoms with Crippen molar-refractivity contribution in [1.82, 2.24) is 10.2 Å². The maximum atomic E-state index is 14.2. The predicted octanol–water partition coefficient (Wildman–Crippen LogP) is 4.91. The number of carbonyl (C=O) groups excluding carboxylic acids is 3. The number of hydrogen-bond acceptors (Lipinski definition) is 7. The zero-order valence-electron chi connectivity index (χ0n) is 23.3. The first-order chi connectivity index (χ1) is 20.8. The molecule has 2 heterocycles. The van der Waals surface area contributed by atoms with Crippen LogP contribution in [-0.4, -0.2) is 40.8 Å². The number of esters is 1. The highest BCUT2D eigenvalue weighted by Crippen LogP contribution is 2.34. The number of benzene rings is 4. The summed E-state index contributed by atoms with van der Waals surface area (Å²) in [5, 5.41) is 14.7. The number of nitro benzene ring substituents is 1. The Morgan fingerprint density at radius 2 is 1.67 bits per heavy atom. The highest BCUT2D eigenvalue weighted by atomic mass is 16.6. The van der Waals surface area contributed by atoms with Crippen molar-refractivity contribution in [2.45, 2.75) is 31.5 Å². The van der Waals surface area contributed by atoms with Crippen molar-refractivity contribution in [3.05, 3.63) is 135 Å². The second-order valence-electron chi connectivity index (χ2n) is 10.1. The maximum Gasteiger partial charge on any atom is 0.328 e. The maximum absolute atomic E-state index is 14.2. The van der Waals surface area contributed by atoms with Crippen molar-refractivity contribution < 1.29 is 28.8 Å². The molecule has 10 nitrogen and oxygen atoms in total. The van der Waals surface area contributed by atoms with Crippen LogP contribution in [0.25, 0.3) is 0 Å². The number of amides is 2. The van der Waals surface area contributed by atoms with E-state index >= 15 is 0 Å². The molecule has 1 N–H and O–H groups in total. The molecule has 218 valence electrons. The standard InChI is InChI=1S/C33H29N3O7/c1-42-33(39)27-18-24-15-16-29(28(19-24)36(40)41)43-26-14-8-11-23(17-26)20-30(37)35(21-22-9-4-2-5-10-22)31(32(38)34-27)25-12-6-3-7-13-25/h2-17,19,27,31H,18,20-21H2,1H3,(H,34,38). The second kappa shape index (κ2) is 13.0. The third-order valence-corrected chi connectivity index (χ3v) is 7.14. The smallest absolute Gasteiger partial charge is 0.328 e. The van der Waals surface area contributed by atoms with Gasteiger partial charge in [-0.3, -0.25) is 19.7 Å². The van der Waals surface area contributed by atoms with Gasteiger partial charge in [-0.15, -0.1) is 0 Å². The molecule has 0 saturated heterocycles. The summed E-state index contributed by atoms with van der Waals surface area (Å²) in [5.41, 5.74) is 2.05. The summed E-state index contributed by atoms with van der Waals surface area (Å²) in [6.07, 6.45) is -0.175. The Kier molecular flexibility index (Phi) is 8.76. The third kappa shape index (κ3) is 6.87. The van der Waals surface area contributed by atoms with Crippen LogP contribution in [0.2, 0.25) is 0 Å². The van der Waals surface area contributed by atoms with Gasteiger partial charge in [-0.25, -0.2) is 4.79 Å². The molecule has 0 radical (unpaired) electrons. The highest BCUT2D eigenvalue weighted by Gasteiger charge is 2.35. The van der Waals surface area contributed by atoms with Gasteiger partial charge in [-0.1, -0.05) is 78.9 Å². The molecule has 0 fully saturated rings. The summed E-state index contributed by atoms with van der Waals surface area (Å²) >= 11 is 0. The average Bonchev–Trinajstić information content (AvgIpc) is 3.01. The monoisotopic (exact) mass is 579 g/mol. The van der Waals surface area contributed by atoms with Gasteiger partial charge in [0.25, 0.3) is 0 Å². The molecule has 4 aromatic carbocycles. The van der Waals surface area contributed by atoms with Crippen molar-refractivity contribution >= 4 is 23.5 Å². The van der Waals surface area contributed by atoms with Crippen LogP contribution in [-0.2, 0) is 38.5 Å². The summed E-state index contributed by atoms with van der Waals surface area (Å²) in [6.45, 7) is 0.124. The minimum Gasteiger partial charge on any atom is -0.467 e. The topological polar surface area (TPSA) is 128 Å². The lowest BCUT2D eigenvalue weighted by atomic mass is 9.99. The molecule has 2 aliphatic rings. The van der Waals surface area contributed by atoms with E-state index in [4.69, 9.17) is 9.47 Å². The Bertz CT molecular complexity index is 1640. The van der Waals surface area contributed by atoms with Crippen molar-refractivity contribution in [2.24, 2.45) is 0 Å². The van der Waals surface area contributed by atoms with Gasteiger partial charge in [-0.05, 0) is 40.5 Å². The molecule has 2 aliphatic heterocycles. The summed E-state index contributed by atoms with van der Waals surface area (Å²) in [6, 6.07) is 26.9. The number of rotatable bonds is 5. The van der Waals surface area contributed by atoms with E-state index in [1.807, 2.05) is 30.3 Å². The Hall–Kier alpha value is -5.51. The number of hydrogen-bond donors (Lipinski definition) is 1. The summed E-state index contributed by atoms with van der Waals surface area (Å²) in [4.78, 5) is 54.0. The lowest BCUT2D eigenvalue weighted by Crippen LogP contribution is -2.50. The minimum atomic E-state index is -1.19. The number of nitro groups is 1. The highest BCUT2D eigenvalue weighted by molar-refractivity contribution is 5.92. The molecule has 2 unspecified atom stereocenters. The molecule has 43 heavy (non-hydrogen) atoms. The quantitative estimate of drug-likeness (QED) is 0.202. The largest absolute Gasteiger partial charge is 0.467 e. The number of carbonyl (C=O) groups is 3. The van der Waals surface area contributed by atoms with Gasteiger partial charge >= 0.3 is 11.7 Å². The van der Waals surface area contributed by atoms with Gasteiger partial charge < -0.3 is 19.7 Å². The molecule has 6 rings (SSSR count). The fourth-order valence-corrected chi connectivity index (χ4v) is 5.07. The number of nitrogens with one attached hydrogen (secondary N) is 1. The SMILES string of the molecule is COC(=O)C1Cc2ccc(c([N+](=O)[O-])c2)Oc2cccc(c2)CC(=O)N(Cc2ccccc2)C(c2ccccc2)C(=O)N1. The van der Waals surface area contributed by atoms with Gasteiger partial charge in [-0.2, -0.15) is 0 Å². The zero-order chi connectivity index (χ0) is 30.3. The molecule has 0 saturated carbocycles. The molecule has 10 heteroatoms. The van der Waals surface area contributed by atoms with Gasteiger partial charge in [0.15, 0.2) is 0 Å². The average molecular weight is 580 g/mol. The Balaban J connectivity index is 1.65. The van der Waals surface area contributed by atoms with E-state index in [0.29, 0.717) is 22.4 Å². The van der Waals surface area contributed by atoms with Crippen LogP contribution in [0.15, 0.2) is 103 Å². The van der Waals surface area contributed by atoms with E-state index in [-0.39, 0.29) is 36.7 Å². The van der Waals surface area contributed by atoms with Gasteiger partial charge in [0.1, 0.15) is 17.8 Å². The van der Waals surface area contributed by atoms with Crippen LogP contribution in [0.3, 0.4) is 0 Å². The molecular weight excluding hydrogens is 550 g/mol. The Morgan fingerprint density at radius 3 is 2.37 bits per heavy atom. The lowest BCUT2D eigenvalue weighted by molar-refractivity contribution is -0.385. The van der Waals surface area contributed by atoms with Gasteiger partial charge in [0.2, 0.25) is 17.6 Å². The van der Waals surface area contributed by atoms with Crippen molar-refractivity contribution in [1.29, 1.82) is 0 Å². The van der Waals surface area contributed by atoms with E-state index < -0.39 is 28.9 Å². The first kappa shape index (κ1) is 29.0. The first-order valence-corrected chi connectivity index (χ1v) is 13.6. The van der Waals surface area contributed by atoms with Crippen LogP contribution in [0.5, 0.6) is 11.5 Å². The summed E-state index contributed by atoms with van der Waals surface area (Å²) < 4.78 is 10.9. The van der Waals surface area contributed by atoms with E-state index in [0.717, 1.165) is 5.56 Å². The predicted molar refractivity (Wildman–Crippen MR) is 157 cm³/mol. The van der Waals surface area contributed by atoms with Crippen LogP contribution >= 0.6 is 0 Å². The Morgan fingerprint density at radius 1 is 0.953 bits per heavy atom. The summed E-state index contributed by atoms with van der Waals surface area (Å²) in [5.74, 6) is -1.37. The van der Waals surface area contributed by atoms with Crippen molar-refractivity contribution in [2.75, 3.05) is 7.11 Å². The zero-order valence-corrected chi connectivity index (χ0v) is 23.3. The molecule has 4 bridgehead atoms. The molecule has 0 aliphatic carbocycles. The number of fused-ring (bicyclic) bond motifs is 9. The number of methoxy groups -OCH3 is 1. The third-order valence-electron chi connectivity index (χ3n) is 7.14. The molecule has 0 aromatic heterocycles. The molecule has 0 spiro atoms. The normalized spacial score (nSPS) is 17.1. The van der Waals surface area contributed by atoms with Crippen molar-refractivity contribution in [3.63, 3.8) is 0 Å². The molecule has 4 aromatic rings. The molecule has 2 amide bonds. The van der Waals surface area contributed by atoms with E-state index in [9.17, 15) is 24.5 Å². The van der Waals surface area contributed by atoms with Crippen LogP contribution in [0.4, 0.5) is 5.69 Å². The second-order valence-corrected chi connectivity index (χ2v) is 10.1. The number of ether oxygens (including phenoxy) is 2. The summed E-state index contributed by atoms with van der Waals surface area (Å²) in [7, 11) is 1.19. The van der Waals surface area contributed by atoms with E-state index in [1.54, 1.807) is 60.7 Å². The minimum absolute atomic E-state index is 0.00202. The first-order valence-electron chi connectivity index (χ1n) is 13.6. The van der Waals surface area contributed by atoms with Crippen molar-refractivity contribution in [3.8, 4) is 11.5 Å². The molecule has 2 atom stereocenters. The number of nitrogens with zero attached hydrogens (tertiary/aromatic N) is 2. The van der Waals surface area contributed by atoms with Gasteiger partial charge in [0.05, 0.1) is 18.5 Å². The lowest BCUT2D eigenvalue weighted by Gasteiger charge is -2.33. The van der Waals surface area contributed by atoms with Crippen LogP contribution in [0.1, 0.15) is 28.3 Å². The van der Waals surface area contributed by atoms with Crippen LogP contribution in [0, 0.1) is 10.1 Å². The van der Waals surface area contributed by atoms with Gasteiger partial charge in [0, 0.05) is 19.0 Å². The van der Waals surface area contributed by atoms with E-state index in [1.165, 1.54) is 24.1 Å². The fraction of sp³-hybridized carbons (Fsp3) is 0.182.